The van der Waals surface area contributed by atoms with Gasteiger partial charge in [0.1, 0.15) is 0 Å². The molecule has 1 rings (SSSR count). The van der Waals surface area contributed by atoms with Gasteiger partial charge in [-0.1, -0.05) is 13.3 Å². The molecule has 0 radical (unpaired) electrons. The van der Waals surface area contributed by atoms with E-state index in [2.05, 4.69) is 6.92 Å². The molecule has 2 nitrogen and oxygen atoms in total. The summed E-state index contributed by atoms with van der Waals surface area (Å²) in [6.07, 6.45) is 3.31. The van der Waals surface area contributed by atoms with Crippen LogP contribution in [0.25, 0.3) is 0 Å². The highest BCUT2D eigenvalue weighted by molar-refractivity contribution is 4.86. The average Bonchev–Trinajstić information content (AvgIpc) is 2.26. The molecule has 1 heterocycles. The summed E-state index contributed by atoms with van der Waals surface area (Å²) in [4.78, 5) is 3.52. The van der Waals surface area contributed by atoms with E-state index in [-0.39, 0.29) is 6.54 Å². The molecule has 0 aliphatic carbocycles. The van der Waals surface area contributed by atoms with Crippen LogP contribution >= 0.6 is 0 Å². The summed E-state index contributed by atoms with van der Waals surface area (Å²) in [7, 11) is 3.40. The SMILES string of the molecule is CCC1CCN(C(C)C(F)(F)CN(C)C)CC1. The lowest BCUT2D eigenvalue weighted by Crippen LogP contribution is -2.52. The second kappa shape index (κ2) is 6.10. The average molecular weight is 248 g/mol. The molecule has 0 N–H and O–H groups in total. The van der Waals surface area contributed by atoms with E-state index in [1.54, 1.807) is 25.9 Å². The molecule has 1 atom stereocenters. The summed E-state index contributed by atoms with van der Waals surface area (Å²) >= 11 is 0. The number of likely N-dealkylation sites (tertiary alicyclic amines) is 1. The van der Waals surface area contributed by atoms with Crippen LogP contribution in [0.4, 0.5) is 8.78 Å². The molecule has 1 fully saturated rings. The third-order valence-electron chi connectivity index (χ3n) is 3.91. The summed E-state index contributed by atoms with van der Waals surface area (Å²) in [5.41, 5.74) is 0. The molecular weight excluding hydrogens is 222 g/mol. The van der Waals surface area contributed by atoms with Gasteiger partial charge in [0.15, 0.2) is 0 Å². The minimum Gasteiger partial charge on any atom is -0.304 e. The van der Waals surface area contributed by atoms with Crippen molar-refractivity contribution in [2.75, 3.05) is 33.7 Å². The van der Waals surface area contributed by atoms with Crippen LogP contribution in [-0.4, -0.2) is 55.5 Å². The van der Waals surface area contributed by atoms with Gasteiger partial charge in [-0.3, -0.25) is 4.90 Å². The molecule has 1 unspecified atom stereocenters. The molecule has 1 aliphatic rings. The minimum absolute atomic E-state index is 0.165. The quantitative estimate of drug-likeness (QED) is 0.738. The number of hydrogen-bond donors (Lipinski definition) is 0. The number of rotatable bonds is 5. The number of alkyl halides is 2. The molecule has 0 aromatic rings. The molecule has 102 valence electrons. The van der Waals surface area contributed by atoms with Crippen molar-refractivity contribution in [2.24, 2.45) is 5.92 Å². The summed E-state index contributed by atoms with van der Waals surface area (Å²) < 4.78 is 27.9. The van der Waals surface area contributed by atoms with Crippen molar-refractivity contribution in [1.29, 1.82) is 0 Å². The maximum absolute atomic E-state index is 13.9. The zero-order chi connectivity index (χ0) is 13.1. The number of nitrogens with zero attached hydrogens (tertiary/aromatic N) is 2. The van der Waals surface area contributed by atoms with Crippen LogP contribution in [0.5, 0.6) is 0 Å². The molecular formula is C13H26F2N2. The van der Waals surface area contributed by atoms with Crippen molar-refractivity contribution < 1.29 is 8.78 Å². The van der Waals surface area contributed by atoms with E-state index in [4.69, 9.17) is 0 Å². The van der Waals surface area contributed by atoms with Crippen molar-refractivity contribution in [3.63, 3.8) is 0 Å². The predicted molar refractivity (Wildman–Crippen MR) is 67.6 cm³/mol. The Hall–Kier alpha value is -0.220. The van der Waals surface area contributed by atoms with Crippen LogP contribution in [0, 0.1) is 5.92 Å². The van der Waals surface area contributed by atoms with Gasteiger partial charge in [-0.05, 0) is 52.9 Å². The molecule has 0 aromatic carbocycles. The first-order valence-corrected chi connectivity index (χ1v) is 6.63. The monoisotopic (exact) mass is 248 g/mol. The van der Waals surface area contributed by atoms with Crippen LogP contribution in [-0.2, 0) is 0 Å². The maximum Gasteiger partial charge on any atom is 0.275 e. The molecule has 4 heteroatoms. The largest absolute Gasteiger partial charge is 0.304 e. The minimum atomic E-state index is -2.62. The fourth-order valence-electron chi connectivity index (χ4n) is 2.57. The zero-order valence-electron chi connectivity index (χ0n) is 11.5. The van der Waals surface area contributed by atoms with Gasteiger partial charge in [-0.25, -0.2) is 8.78 Å². The van der Waals surface area contributed by atoms with E-state index in [0.29, 0.717) is 0 Å². The summed E-state index contributed by atoms with van der Waals surface area (Å²) in [5.74, 6) is -1.89. The second-order valence-corrected chi connectivity index (χ2v) is 5.56. The Kier molecular flexibility index (Phi) is 5.32. The maximum atomic E-state index is 13.9. The van der Waals surface area contributed by atoms with Gasteiger partial charge >= 0.3 is 0 Å². The third-order valence-corrected chi connectivity index (χ3v) is 3.91. The van der Waals surface area contributed by atoms with Crippen molar-refractivity contribution in [3.8, 4) is 0 Å². The summed E-state index contributed by atoms with van der Waals surface area (Å²) in [6.45, 7) is 5.33. The van der Waals surface area contributed by atoms with Gasteiger partial charge in [0.05, 0.1) is 12.6 Å². The highest BCUT2D eigenvalue weighted by Gasteiger charge is 2.41. The molecule has 0 bridgehead atoms. The number of halogens is 2. The van der Waals surface area contributed by atoms with Gasteiger partial charge < -0.3 is 4.90 Å². The first kappa shape index (κ1) is 14.8. The number of hydrogen-bond acceptors (Lipinski definition) is 2. The lowest BCUT2D eigenvalue weighted by molar-refractivity contribution is -0.0944. The lowest BCUT2D eigenvalue weighted by atomic mass is 9.93. The van der Waals surface area contributed by atoms with Gasteiger partial charge in [0.25, 0.3) is 5.92 Å². The Balaban J connectivity index is 2.50. The van der Waals surface area contributed by atoms with E-state index >= 15 is 0 Å². The van der Waals surface area contributed by atoms with Crippen LogP contribution in [0.1, 0.15) is 33.1 Å². The van der Waals surface area contributed by atoms with E-state index < -0.39 is 12.0 Å². The van der Waals surface area contributed by atoms with Gasteiger partial charge in [0, 0.05) is 0 Å². The first-order chi connectivity index (χ1) is 7.86. The van der Waals surface area contributed by atoms with Crippen molar-refractivity contribution in [2.45, 2.75) is 45.1 Å². The summed E-state index contributed by atoms with van der Waals surface area (Å²) in [6, 6.07) is -0.650. The molecule has 1 saturated heterocycles. The van der Waals surface area contributed by atoms with Crippen LogP contribution in [0.15, 0.2) is 0 Å². The molecule has 0 spiro atoms. The Bertz CT molecular complexity index is 223. The Morgan fingerprint density at radius 3 is 2.24 bits per heavy atom. The van der Waals surface area contributed by atoms with Gasteiger partial charge in [-0.15, -0.1) is 0 Å². The van der Waals surface area contributed by atoms with Crippen LogP contribution < -0.4 is 0 Å². The van der Waals surface area contributed by atoms with E-state index in [1.165, 1.54) is 6.42 Å². The smallest absolute Gasteiger partial charge is 0.275 e. The fraction of sp³-hybridized carbons (Fsp3) is 1.00. The van der Waals surface area contributed by atoms with E-state index in [1.807, 2.05) is 4.90 Å². The predicted octanol–water partition coefficient (Wildman–Crippen LogP) is 2.69. The van der Waals surface area contributed by atoms with Gasteiger partial charge in [-0.2, -0.15) is 0 Å². The van der Waals surface area contributed by atoms with Crippen molar-refractivity contribution in [1.82, 2.24) is 9.80 Å². The first-order valence-electron chi connectivity index (χ1n) is 6.63. The molecule has 0 saturated carbocycles. The van der Waals surface area contributed by atoms with E-state index in [9.17, 15) is 8.78 Å². The summed E-state index contributed by atoms with van der Waals surface area (Å²) in [5, 5.41) is 0. The van der Waals surface area contributed by atoms with Gasteiger partial charge in [0.2, 0.25) is 0 Å². The molecule has 0 amide bonds. The lowest BCUT2D eigenvalue weighted by Gasteiger charge is -2.39. The highest BCUT2D eigenvalue weighted by Crippen LogP contribution is 2.28. The van der Waals surface area contributed by atoms with Crippen molar-refractivity contribution in [3.05, 3.63) is 0 Å². The normalized spacial score (nSPS) is 22.1. The standard InChI is InChI=1S/C13H26F2N2/c1-5-12-6-8-17(9-7-12)11(2)13(14,15)10-16(3)4/h11-12H,5-10H2,1-4H3. The topological polar surface area (TPSA) is 6.48 Å². The molecule has 1 aliphatic heterocycles. The fourth-order valence-corrected chi connectivity index (χ4v) is 2.57. The Morgan fingerprint density at radius 2 is 1.82 bits per heavy atom. The second-order valence-electron chi connectivity index (χ2n) is 5.56. The highest BCUT2D eigenvalue weighted by atomic mass is 19.3. The van der Waals surface area contributed by atoms with Crippen LogP contribution in [0.3, 0.4) is 0 Å². The third kappa shape index (κ3) is 4.18. The van der Waals surface area contributed by atoms with Crippen molar-refractivity contribution >= 4 is 0 Å². The van der Waals surface area contributed by atoms with E-state index in [0.717, 1.165) is 31.8 Å². The Labute approximate surface area is 104 Å². The van der Waals surface area contributed by atoms with Crippen LogP contribution in [0.2, 0.25) is 0 Å². The zero-order valence-corrected chi connectivity index (χ0v) is 11.5. The number of piperidine rings is 1. The Morgan fingerprint density at radius 1 is 1.29 bits per heavy atom. The molecule has 17 heavy (non-hydrogen) atoms. The molecule has 0 aromatic heterocycles.